The molecule has 44 heavy (non-hydrogen) atoms. The number of aromatic nitrogens is 6. The largest absolute Gasteiger partial charge is 0.340 e. The summed E-state index contributed by atoms with van der Waals surface area (Å²) >= 11 is 0. The van der Waals surface area contributed by atoms with Crippen molar-refractivity contribution < 1.29 is 0 Å². The fourth-order valence-electron chi connectivity index (χ4n) is 5.70. The van der Waals surface area contributed by atoms with Crippen LogP contribution in [-0.2, 0) is 20.1 Å². The molecule has 6 rings (SSSR count). The van der Waals surface area contributed by atoms with Crippen molar-refractivity contribution in [2.24, 2.45) is 12.0 Å². The van der Waals surface area contributed by atoms with E-state index in [1.165, 1.54) is 9.13 Å². The van der Waals surface area contributed by atoms with E-state index in [4.69, 9.17) is 9.98 Å². The van der Waals surface area contributed by atoms with Crippen LogP contribution in [0.5, 0.6) is 0 Å². The quantitative estimate of drug-likeness (QED) is 0.211. The summed E-state index contributed by atoms with van der Waals surface area (Å²) in [7, 11) is 1.64. The van der Waals surface area contributed by atoms with E-state index in [9.17, 15) is 9.59 Å². The minimum Gasteiger partial charge on any atom is -0.340 e. The van der Waals surface area contributed by atoms with Gasteiger partial charge in [0, 0.05) is 37.4 Å². The number of rotatable bonds is 7. The highest BCUT2D eigenvalue weighted by atomic mass is 16.2. The van der Waals surface area contributed by atoms with Crippen LogP contribution in [0.15, 0.2) is 75.3 Å². The van der Waals surface area contributed by atoms with E-state index in [1.807, 2.05) is 84.5 Å². The Hall–Kier alpha value is -5.30. The molecule has 1 saturated heterocycles. The number of hydrogen-bond donors (Lipinski definition) is 0. The van der Waals surface area contributed by atoms with E-state index < -0.39 is 11.2 Å². The maximum absolute atomic E-state index is 14.0. The van der Waals surface area contributed by atoms with Gasteiger partial charge < -0.3 is 4.90 Å². The second kappa shape index (κ2) is 12.5. The van der Waals surface area contributed by atoms with E-state index in [-0.39, 0.29) is 19.1 Å². The average Bonchev–Trinajstić information content (AvgIpc) is 3.43. The van der Waals surface area contributed by atoms with Gasteiger partial charge in [-0.1, -0.05) is 60.5 Å². The fourth-order valence-corrected chi connectivity index (χ4v) is 5.70. The van der Waals surface area contributed by atoms with Crippen molar-refractivity contribution in [3.8, 4) is 11.8 Å². The molecule has 3 aromatic heterocycles. The Bertz CT molecular complexity index is 2080. The maximum Gasteiger partial charge on any atom is 0.332 e. The van der Waals surface area contributed by atoms with Gasteiger partial charge in [0.15, 0.2) is 11.2 Å². The molecule has 1 aliphatic rings. The number of hydrogen-bond acceptors (Lipinski definition) is 7. The maximum atomic E-state index is 14.0. The molecule has 0 radical (unpaired) electrons. The summed E-state index contributed by atoms with van der Waals surface area (Å²) in [6.45, 7) is 5.29. The van der Waals surface area contributed by atoms with Gasteiger partial charge in [0.25, 0.3) is 5.56 Å². The number of aliphatic imine (C=N–C) groups is 1. The minimum absolute atomic E-state index is 0.0515. The van der Waals surface area contributed by atoms with Crippen LogP contribution < -0.4 is 16.1 Å². The standard InChI is InChI=1S/C34H34N8O2/c1-4-5-21-41-30-31(38-33(41)40-20-12-16-26(22-40)35-19-11-15-25-13-7-6-8-14-25)39(3)34(44)42(32(30)43)23-29-36-24(2)27-17-9-10-18-28(27)37-29/h6-11,13-15,17-19,26H,12,16,20-23H2,1-3H3/b15-11+,35-19?. The number of benzene rings is 2. The highest BCUT2D eigenvalue weighted by Gasteiger charge is 2.27. The van der Waals surface area contributed by atoms with Gasteiger partial charge in [-0.15, -0.1) is 5.92 Å². The minimum atomic E-state index is -0.471. The van der Waals surface area contributed by atoms with Gasteiger partial charge in [0.1, 0.15) is 5.82 Å². The van der Waals surface area contributed by atoms with Gasteiger partial charge >= 0.3 is 5.69 Å². The predicted molar refractivity (Wildman–Crippen MR) is 175 cm³/mol. The summed E-state index contributed by atoms with van der Waals surface area (Å²) in [5.41, 5.74) is 2.43. The second-order valence-electron chi connectivity index (χ2n) is 10.9. The van der Waals surface area contributed by atoms with Gasteiger partial charge in [-0.25, -0.2) is 14.8 Å². The van der Waals surface area contributed by atoms with E-state index in [0.717, 1.165) is 41.5 Å². The number of nitrogens with zero attached hydrogens (tertiary/aromatic N) is 8. The third-order valence-corrected chi connectivity index (χ3v) is 7.92. The first-order chi connectivity index (χ1) is 21.4. The number of allylic oxidation sites excluding steroid dienone is 1. The zero-order valence-corrected chi connectivity index (χ0v) is 25.1. The van der Waals surface area contributed by atoms with Gasteiger partial charge in [0.05, 0.1) is 24.6 Å². The van der Waals surface area contributed by atoms with Gasteiger partial charge in [-0.3, -0.25) is 23.5 Å². The number of anilines is 1. The first-order valence-electron chi connectivity index (χ1n) is 14.8. The lowest BCUT2D eigenvalue weighted by atomic mass is 10.1. The highest BCUT2D eigenvalue weighted by Crippen LogP contribution is 2.24. The molecule has 1 unspecified atom stereocenters. The predicted octanol–water partition coefficient (Wildman–Crippen LogP) is 3.97. The SMILES string of the molecule is CC#CCn1c(N2CCCC(N=C/C=C/c3ccccc3)C2)nc2c1c(=O)n(Cc1nc(C)c3ccccc3n1)c(=O)n2C. The van der Waals surface area contributed by atoms with Crippen LogP contribution in [0.1, 0.15) is 36.8 Å². The summed E-state index contributed by atoms with van der Waals surface area (Å²) in [5.74, 6) is 7.05. The van der Waals surface area contributed by atoms with Crippen LogP contribution in [0, 0.1) is 18.8 Å². The normalized spacial score (nSPS) is 15.4. The van der Waals surface area contributed by atoms with E-state index in [0.29, 0.717) is 29.5 Å². The lowest BCUT2D eigenvalue weighted by Gasteiger charge is -2.31. The number of fused-ring (bicyclic) bond motifs is 2. The molecule has 0 spiro atoms. The number of imidazole rings is 1. The second-order valence-corrected chi connectivity index (χ2v) is 10.9. The Kier molecular flexibility index (Phi) is 8.19. The summed E-state index contributed by atoms with van der Waals surface area (Å²) in [4.78, 5) is 48.6. The van der Waals surface area contributed by atoms with Crippen LogP contribution >= 0.6 is 0 Å². The number of para-hydroxylation sites is 1. The third-order valence-electron chi connectivity index (χ3n) is 7.92. The zero-order chi connectivity index (χ0) is 30.6. The van der Waals surface area contributed by atoms with Crippen molar-refractivity contribution in [3.63, 3.8) is 0 Å². The van der Waals surface area contributed by atoms with Crippen molar-refractivity contribution in [1.82, 2.24) is 28.7 Å². The molecule has 1 fully saturated rings. The molecule has 0 saturated carbocycles. The Labute approximate surface area is 255 Å². The Morgan fingerprint density at radius 2 is 1.82 bits per heavy atom. The molecule has 0 aliphatic carbocycles. The van der Waals surface area contributed by atoms with E-state index >= 15 is 0 Å². The first-order valence-corrected chi connectivity index (χ1v) is 14.8. The molecule has 0 amide bonds. The number of piperidine rings is 1. The molecule has 4 heterocycles. The topological polar surface area (TPSA) is 103 Å². The molecular formula is C34H34N8O2. The average molecular weight is 587 g/mol. The molecule has 1 aliphatic heterocycles. The van der Waals surface area contributed by atoms with Crippen LogP contribution in [0.3, 0.4) is 0 Å². The highest BCUT2D eigenvalue weighted by molar-refractivity contribution is 5.80. The molecule has 1 atom stereocenters. The van der Waals surface area contributed by atoms with E-state index in [2.05, 4.69) is 26.7 Å². The van der Waals surface area contributed by atoms with Crippen molar-refractivity contribution in [1.29, 1.82) is 0 Å². The molecule has 10 heteroatoms. The van der Waals surface area contributed by atoms with Gasteiger partial charge in [0.2, 0.25) is 5.95 Å². The van der Waals surface area contributed by atoms with Crippen molar-refractivity contribution in [2.45, 2.75) is 45.8 Å². The monoisotopic (exact) mass is 586 g/mol. The summed E-state index contributed by atoms with van der Waals surface area (Å²) in [5, 5.41) is 0.934. The summed E-state index contributed by atoms with van der Waals surface area (Å²) < 4.78 is 4.45. The van der Waals surface area contributed by atoms with Gasteiger partial charge in [-0.05, 0) is 44.4 Å². The molecular weight excluding hydrogens is 552 g/mol. The molecule has 0 bridgehead atoms. The van der Waals surface area contributed by atoms with Crippen LogP contribution in [0.2, 0.25) is 0 Å². The molecule has 0 N–H and O–H groups in total. The van der Waals surface area contributed by atoms with Crippen LogP contribution in [0.4, 0.5) is 5.95 Å². The number of aryl methyl sites for hydroxylation is 2. The molecule has 10 nitrogen and oxygen atoms in total. The molecule has 2 aromatic carbocycles. The lowest BCUT2D eigenvalue weighted by molar-refractivity contribution is 0.499. The lowest BCUT2D eigenvalue weighted by Crippen LogP contribution is -2.40. The third kappa shape index (κ3) is 5.69. The molecule has 5 aromatic rings. The zero-order valence-electron chi connectivity index (χ0n) is 25.1. The van der Waals surface area contributed by atoms with Crippen molar-refractivity contribution in [3.05, 3.63) is 98.6 Å². The Balaban J connectivity index is 1.35. The Morgan fingerprint density at radius 1 is 1.02 bits per heavy atom. The Morgan fingerprint density at radius 3 is 2.64 bits per heavy atom. The van der Waals surface area contributed by atoms with Gasteiger partial charge in [-0.2, -0.15) is 4.98 Å². The molecule has 222 valence electrons. The van der Waals surface area contributed by atoms with Crippen molar-refractivity contribution >= 4 is 40.3 Å². The van der Waals surface area contributed by atoms with Crippen LogP contribution in [-0.4, -0.2) is 54.0 Å². The first kappa shape index (κ1) is 28.8. The smallest absolute Gasteiger partial charge is 0.332 e. The summed E-state index contributed by atoms with van der Waals surface area (Å²) in [6.07, 6.45) is 7.72. The summed E-state index contributed by atoms with van der Waals surface area (Å²) in [6, 6.07) is 17.9. The van der Waals surface area contributed by atoms with E-state index in [1.54, 1.807) is 14.0 Å². The fraction of sp³-hybridized carbons (Fsp3) is 0.294. The van der Waals surface area contributed by atoms with Crippen LogP contribution in [0.25, 0.3) is 28.1 Å². The van der Waals surface area contributed by atoms with Crippen molar-refractivity contribution in [2.75, 3.05) is 18.0 Å².